The van der Waals surface area contributed by atoms with Crippen LogP contribution in [0.1, 0.15) is 27.7 Å². The Morgan fingerprint density at radius 3 is 2.18 bits per heavy atom. The van der Waals surface area contributed by atoms with E-state index in [1.165, 1.54) is 30.7 Å². The fourth-order valence-corrected chi connectivity index (χ4v) is 4.15. The zero-order valence-electron chi connectivity index (χ0n) is 17.0. The fraction of sp³-hybridized carbons (Fsp3) is 0.421. The van der Waals surface area contributed by atoms with Crippen molar-refractivity contribution in [3.05, 3.63) is 42.6 Å². The van der Waals surface area contributed by atoms with Crippen LogP contribution in [0.15, 0.2) is 47.5 Å². The molecule has 1 aliphatic rings. The molecule has 0 unspecified atom stereocenters. The smallest absolute Gasteiger partial charge is 0.480 e. The van der Waals surface area contributed by atoms with Gasteiger partial charge in [-0.15, -0.1) is 0 Å². The molecule has 3 rings (SSSR count). The summed E-state index contributed by atoms with van der Waals surface area (Å²) in [6.45, 7) is 7.74. The summed E-state index contributed by atoms with van der Waals surface area (Å²) in [5.74, 6) is 0.0167. The second kappa shape index (κ2) is 7.06. The van der Waals surface area contributed by atoms with Gasteiger partial charge in [-0.1, -0.05) is 18.2 Å². The van der Waals surface area contributed by atoms with Crippen LogP contribution in [0.3, 0.4) is 0 Å². The number of methoxy groups -OCH3 is 1. The minimum atomic E-state index is -3.91. The summed E-state index contributed by atoms with van der Waals surface area (Å²) in [7, 11) is -1.75. The van der Waals surface area contributed by atoms with Crippen LogP contribution >= 0.6 is 0 Å². The number of hydrogen-bond donors (Lipinski definition) is 0. The van der Waals surface area contributed by atoms with Gasteiger partial charge in [0.15, 0.2) is 0 Å². The molecule has 0 atom stereocenters. The Labute approximate surface area is 166 Å². The average Bonchev–Trinajstić information content (AvgIpc) is 2.88. The Bertz CT molecular complexity index is 948. The molecule has 0 radical (unpaired) electrons. The van der Waals surface area contributed by atoms with Crippen molar-refractivity contribution in [2.45, 2.75) is 43.8 Å². The highest BCUT2D eigenvalue weighted by molar-refractivity contribution is 7.93. The van der Waals surface area contributed by atoms with E-state index in [2.05, 4.69) is 4.98 Å². The molecular weight excluding hydrogens is 379 g/mol. The maximum absolute atomic E-state index is 13.3. The van der Waals surface area contributed by atoms with E-state index in [1.54, 1.807) is 24.3 Å². The van der Waals surface area contributed by atoms with Gasteiger partial charge < -0.3 is 14.0 Å². The van der Waals surface area contributed by atoms with E-state index in [-0.39, 0.29) is 10.8 Å². The number of rotatable bonds is 5. The molecular formula is C19H25BN2O5S. The van der Waals surface area contributed by atoms with Crippen LogP contribution in [0.4, 0.5) is 5.69 Å². The van der Waals surface area contributed by atoms with E-state index >= 15 is 0 Å². The molecule has 9 heteroatoms. The third kappa shape index (κ3) is 3.49. The van der Waals surface area contributed by atoms with Gasteiger partial charge in [0.25, 0.3) is 10.0 Å². The lowest BCUT2D eigenvalue weighted by Gasteiger charge is -2.32. The Morgan fingerprint density at radius 2 is 1.64 bits per heavy atom. The molecule has 1 aliphatic heterocycles. The van der Waals surface area contributed by atoms with E-state index in [0.29, 0.717) is 11.2 Å². The zero-order valence-corrected chi connectivity index (χ0v) is 17.8. The predicted octanol–water partition coefficient (Wildman–Crippen LogP) is 2.21. The van der Waals surface area contributed by atoms with Crippen LogP contribution in [-0.2, 0) is 19.3 Å². The number of pyridine rings is 1. The van der Waals surface area contributed by atoms with Gasteiger partial charge in [0.2, 0.25) is 5.88 Å². The molecule has 1 saturated heterocycles. The van der Waals surface area contributed by atoms with Gasteiger partial charge in [-0.3, -0.25) is 4.31 Å². The molecule has 28 heavy (non-hydrogen) atoms. The van der Waals surface area contributed by atoms with Gasteiger partial charge in [-0.2, -0.15) is 0 Å². The van der Waals surface area contributed by atoms with Crippen molar-refractivity contribution < 1.29 is 22.5 Å². The monoisotopic (exact) mass is 404 g/mol. The summed E-state index contributed by atoms with van der Waals surface area (Å²) >= 11 is 0. The number of sulfonamides is 1. The quantitative estimate of drug-likeness (QED) is 0.712. The van der Waals surface area contributed by atoms with E-state index in [1.807, 2.05) is 33.8 Å². The Balaban J connectivity index is 2.03. The first kappa shape index (κ1) is 20.6. The van der Waals surface area contributed by atoms with E-state index < -0.39 is 28.3 Å². The largest absolute Gasteiger partial charge is 0.496 e. The lowest BCUT2D eigenvalue weighted by molar-refractivity contribution is 0.00578. The average molecular weight is 404 g/mol. The normalized spacial score (nSPS) is 18.1. The molecule has 0 spiro atoms. The minimum Gasteiger partial charge on any atom is -0.480 e. The fourth-order valence-electron chi connectivity index (χ4n) is 2.82. The Hall–Kier alpha value is -2.10. The molecule has 0 aliphatic carbocycles. The highest BCUT2D eigenvalue weighted by Crippen LogP contribution is 2.37. The maximum Gasteiger partial charge on any atom is 0.496 e. The highest BCUT2D eigenvalue weighted by atomic mass is 32.2. The lowest BCUT2D eigenvalue weighted by atomic mass is 9.80. The van der Waals surface area contributed by atoms with Crippen molar-refractivity contribution in [3.63, 3.8) is 0 Å². The maximum atomic E-state index is 13.3. The molecule has 7 nitrogen and oxygen atoms in total. The molecule has 0 N–H and O–H groups in total. The molecule has 2 heterocycles. The molecule has 1 aromatic heterocycles. The first-order valence-electron chi connectivity index (χ1n) is 8.93. The summed E-state index contributed by atoms with van der Waals surface area (Å²) < 4.78 is 45.0. The van der Waals surface area contributed by atoms with Crippen LogP contribution in [0.25, 0.3) is 0 Å². The third-order valence-corrected chi connectivity index (χ3v) is 7.10. The van der Waals surface area contributed by atoms with Crippen molar-refractivity contribution >= 4 is 28.3 Å². The molecule has 0 saturated carbocycles. The summed E-state index contributed by atoms with van der Waals surface area (Å²) in [4.78, 5) is 4.14. The van der Waals surface area contributed by atoms with Gasteiger partial charge in [-0.05, 0) is 45.9 Å². The predicted molar refractivity (Wildman–Crippen MR) is 109 cm³/mol. The molecule has 1 fully saturated rings. The number of para-hydroxylation sites is 1. The van der Waals surface area contributed by atoms with E-state index in [9.17, 15) is 8.42 Å². The number of nitrogens with zero attached hydrogens (tertiary/aromatic N) is 2. The van der Waals surface area contributed by atoms with Crippen molar-refractivity contribution in [1.29, 1.82) is 0 Å². The summed E-state index contributed by atoms with van der Waals surface area (Å²) in [5, 5.41) is 0. The molecule has 0 amide bonds. The Kier molecular flexibility index (Phi) is 5.20. The summed E-state index contributed by atoms with van der Waals surface area (Å²) in [5.41, 5.74) is -0.0420. The first-order chi connectivity index (χ1) is 13.0. The van der Waals surface area contributed by atoms with Crippen LogP contribution in [0.2, 0.25) is 0 Å². The Morgan fingerprint density at radius 1 is 1.07 bits per heavy atom. The van der Waals surface area contributed by atoms with Crippen molar-refractivity contribution in [2.75, 3.05) is 18.5 Å². The molecule has 1 aromatic carbocycles. The molecule has 0 bridgehead atoms. The number of ether oxygens (including phenoxy) is 1. The van der Waals surface area contributed by atoms with Crippen LogP contribution in [-0.4, -0.2) is 45.9 Å². The number of hydrogen-bond acceptors (Lipinski definition) is 6. The van der Waals surface area contributed by atoms with E-state index in [0.717, 1.165) is 0 Å². The first-order valence-corrected chi connectivity index (χ1v) is 10.4. The highest BCUT2D eigenvalue weighted by Gasteiger charge is 2.52. The number of benzene rings is 1. The second-order valence-electron chi connectivity index (χ2n) is 7.67. The summed E-state index contributed by atoms with van der Waals surface area (Å²) in [6, 6.07) is 10.3. The van der Waals surface area contributed by atoms with Crippen molar-refractivity contribution in [2.24, 2.45) is 0 Å². The second-order valence-corrected chi connectivity index (χ2v) is 9.61. The zero-order chi connectivity index (χ0) is 20.7. The van der Waals surface area contributed by atoms with E-state index in [4.69, 9.17) is 14.0 Å². The summed E-state index contributed by atoms with van der Waals surface area (Å²) in [6.07, 6.45) is 1.52. The van der Waals surface area contributed by atoms with Crippen molar-refractivity contribution in [3.8, 4) is 5.88 Å². The van der Waals surface area contributed by atoms with Crippen LogP contribution in [0, 0.1) is 0 Å². The van der Waals surface area contributed by atoms with Crippen molar-refractivity contribution in [1.82, 2.24) is 4.98 Å². The van der Waals surface area contributed by atoms with Gasteiger partial charge in [0.1, 0.15) is 4.90 Å². The minimum absolute atomic E-state index is 0.0167. The standard InChI is InChI=1S/C19H25BN2O5S/c1-18(2)19(3,4)27-20(26-18)14-12-16(17(25-6)21-13-14)28(23,24)22(5)15-10-8-7-9-11-15/h7-13H,1-6H3. The molecule has 150 valence electrons. The SMILES string of the molecule is COc1ncc(B2OC(C)(C)C(C)(C)O2)cc1S(=O)(=O)N(C)c1ccccc1. The number of anilines is 1. The van der Waals surface area contributed by atoms with Crippen LogP contribution < -0.4 is 14.5 Å². The van der Waals surface area contributed by atoms with Gasteiger partial charge in [0.05, 0.1) is 24.0 Å². The van der Waals surface area contributed by atoms with Gasteiger partial charge in [0, 0.05) is 18.7 Å². The molecule has 2 aromatic rings. The topological polar surface area (TPSA) is 78.0 Å². The number of aromatic nitrogens is 1. The van der Waals surface area contributed by atoms with Gasteiger partial charge >= 0.3 is 7.12 Å². The lowest BCUT2D eigenvalue weighted by Crippen LogP contribution is -2.41. The third-order valence-electron chi connectivity index (χ3n) is 5.32. The van der Waals surface area contributed by atoms with Crippen LogP contribution in [0.5, 0.6) is 5.88 Å². The van der Waals surface area contributed by atoms with Gasteiger partial charge in [-0.25, -0.2) is 13.4 Å².